The predicted octanol–water partition coefficient (Wildman–Crippen LogP) is 3.31. The van der Waals surface area contributed by atoms with E-state index >= 15 is 0 Å². The predicted molar refractivity (Wildman–Crippen MR) is 122 cm³/mol. The monoisotopic (exact) mass is 440 g/mol. The molecule has 0 spiro atoms. The second kappa shape index (κ2) is 8.46. The van der Waals surface area contributed by atoms with Crippen molar-refractivity contribution in [1.82, 2.24) is 24.9 Å². The summed E-state index contributed by atoms with van der Waals surface area (Å²) in [6.45, 7) is 0.472. The van der Waals surface area contributed by atoms with Gasteiger partial charge in [0.2, 0.25) is 5.82 Å². The van der Waals surface area contributed by atoms with Crippen LogP contribution in [0.4, 0.5) is 5.82 Å². The highest BCUT2D eigenvalue weighted by Gasteiger charge is 2.14. The molecule has 0 aliphatic rings. The number of amides is 1. The first-order valence-corrected chi connectivity index (χ1v) is 10.3. The van der Waals surface area contributed by atoms with E-state index in [1.165, 1.54) is 0 Å². The SMILES string of the molecule is Nc1nc(-c2cccc(C(=O)NCCc3ccc(O)cc3)c2)cn2nc(-c3ccco3)nc12. The van der Waals surface area contributed by atoms with Crippen LogP contribution in [0, 0.1) is 0 Å². The zero-order chi connectivity index (χ0) is 22.8. The van der Waals surface area contributed by atoms with Gasteiger partial charge in [0.1, 0.15) is 5.75 Å². The smallest absolute Gasteiger partial charge is 0.251 e. The lowest BCUT2D eigenvalue weighted by Crippen LogP contribution is -2.25. The number of anilines is 1. The van der Waals surface area contributed by atoms with Gasteiger partial charge in [-0.3, -0.25) is 4.79 Å². The Kier molecular flexibility index (Phi) is 5.19. The molecule has 1 amide bonds. The highest BCUT2D eigenvalue weighted by molar-refractivity contribution is 5.95. The number of phenols is 1. The zero-order valence-corrected chi connectivity index (χ0v) is 17.5. The number of nitrogen functional groups attached to an aromatic ring is 1. The van der Waals surface area contributed by atoms with Gasteiger partial charge in [0.25, 0.3) is 5.91 Å². The van der Waals surface area contributed by atoms with Gasteiger partial charge in [-0.15, -0.1) is 5.10 Å². The van der Waals surface area contributed by atoms with E-state index in [-0.39, 0.29) is 17.5 Å². The molecule has 0 aliphatic carbocycles. The van der Waals surface area contributed by atoms with Crippen molar-refractivity contribution < 1.29 is 14.3 Å². The third kappa shape index (κ3) is 4.24. The summed E-state index contributed by atoms with van der Waals surface area (Å²) in [5, 5.41) is 16.7. The number of hydrogen-bond donors (Lipinski definition) is 3. The van der Waals surface area contributed by atoms with Gasteiger partial charge in [-0.05, 0) is 48.4 Å². The Bertz CT molecular complexity index is 1420. The van der Waals surface area contributed by atoms with E-state index in [1.807, 2.05) is 18.2 Å². The molecular formula is C24H20N6O3. The van der Waals surface area contributed by atoms with E-state index < -0.39 is 0 Å². The molecular weight excluding hydrogens is 420 g/mol. The summed E-state index contributed by atoms with van der Waals surface area (Å²) < 4.78 is 6.91. The number of carbonyl (C=O) groups is 1. The van der Waals surface area contributed by atoms with Crippen molar-refractivity contribution in [3.05, 3.63) is 84.3 Å². The Labute approximate surface area is 188 Å². The molecule has 3 aromatic heterocycles. The van der Waals surface area contributed by atoms with Crippen molar-refractivity contribution in [3.8, 4) is 28.6 Å². The van der Waals surface area contributed by atoms with Gasteiger partial charge in [-0.1, -0.05) is 24.3 Å². The third-order valence-corrected chi connectivity index (χ3v) is 5.14. The third-order valence-electron chi connectivity index (χ3n) is 5.14. The van der Waals surface area contributed by atoms with E-state index in [2.05, 4.69) is 20.4 Å². The topological polar surface area (TPSA) is 132 Å². The maximum absolute atomic E-state index is 12.7. The molecule has 5 aromatic rings. The Balaban J connectivity index is 1.34. The van der Waals surface area contributed by atoms with Crippen LogP contribution in [0.15, 0.2) is 77.5 Å². The Morgan fingerprint density at radius 2 is 1.94 bits per heavy atom. The first-order valence-electron chi connectivity index (χ1n) is 10.3. The van der Waals surface area contributed by atoms with Crippen molar-refractivity contribution in [2.45, 2.75) is 6.42 Å². The first kappa shape index (κ1) is 20.3. The van der Waals surface area contributed by atoms with Crippen LogP contribution in [0.1, 0.15) is 15.9 Å². The van der Waals surface area contributed by atoms with Crippen molar-refractivity contribution >= 4 is 17.4 Å². The lowest BCUT2D eigenvalue weighted by atomic mass is 10.1. The Morgan fingerprint density at radius 3 is 2.73 bits per heavy atom. The van der Waals surface area contributed by atoms with Crippen molar-refractivity contribution in [2.75, 3.05) is 12.3 Å². The summed E-state index contributed by atoms with van der Waals surface area (Å²) >= 11 is 0. The molecule has 0 unspecified atom stereocenters. The summed E-state index contributed by atoms with van der Waals surface area (Å²) in [5.41, 5.74) is 9.38. The minimum atomic E-state index is -0.189. The number of nitrogens with one attached hydrogen (secondary N) is 1. The van der Waals surface area contributed by atoms with Crippen LogP contribution in [-0.4, -0.2) is 37.1 Å². The fourth-order valence-corrected chi connectivity index (χ4v) is 3.47. The molecule has 0 aliphatic heterocycles. The van der Waals surface area contributed by atoms with Gasteiger partial charge in [-0.2, -0.15) is 0 Å². The van der Waals surface area contributed by atoms with Crippen LogP contribution < -0.4 is 11.1 Å². The number of hydrogen-bond acceptors (Lipinski definition) is 7. The van der Waals surface area contributed by atoms with Crippen LogP contribution in [0.5, 0.6) is 5.75 Å². The molecule has 0 fully saturated rings. The van der Waals surface area contributed by atoms with Gasteiger partial charge in [-0.25, -0.2) is 14.5 Å². The van der Waals surface area contributed by atoms with Crippen LogP contribution in [0.2, 0.25) is 0 Å². The molecule has 0 radical (unpaired) electrons. The Hall–Kier alpha value is -4.66. The van der Waals surface area contributed by atoms with Crippen molar-refractivity contribution in [3.63, 3.8) is 0 Å². The van der Waals surface area contributed by atoms with E-state index in [0.29, 0.717) is 41.5 Å². The largest absolute Gasteiger partial charge is 0.508 e. The van der Waals surface area contributed by atoms with Crippen molar-refractivity contribution in [1.29, 1.82) is 0 Å². The minimum Gasteiger partial charge on any atom is -0.508 e. The number of nitrogens with two attached hydrogens (primary N) is 1. The van der Waals surface area contributed by atoms with Gasteiger partial charge in [0, 0.05) is 17.7 Å². The number of aromatic hydroxyl groups is 1. The average Bonchev–Trinajstić information content (AvgIpc) is 3.50. The molecule has 0 bridgehead atoms. The standard InChI is InChI=1S/C24H20N6O3/c25-21-23-28-22(20-5-2-12-33-20)29-30(23)14-19(27-21)16-3-1-4-17(13-16)24(32)26-11-10-15-6-8-18(31)9-7-15/h1-9,12-14,31H,10-11H2,(H2,25,27)(H,26,32). The molecule has 33 heavy (non-hydrogen) atoms. The van der Waals surface area contributed by atoms with E-state index in [0.717, 1.165) is 11.1 Å². The maximum atomic E-state index is 12.7. The minimum absolute atomic E-state index is 0.189. The van der Waals surface area contributed by atoms with E-state index in [9.17, 15) is 9.90 Å². The number of rotatable bonds is 6. The number of carbonyl (C=O) groups excluding carboxylic acids is 1. The second-order valence-corrected chi connectivity index (χ2v) is 7.45. The molecule has 4 N–H and O–H groups in total. The van der Waals surface area contributed by atoms with Crippen molar-refractivity contribution in [2.24, 2.45) is 0 Å². The fourth-order valence-electron chi connectivity index (χ4n) is 3.47. The molecule has 2 aromatic carbocycles. The highest BCUT2D eigenvalue weighted by Crippen LogP contribution is 2.24. The van der Waals surface area contributed by atoms with Gasteiger partial charge >= 0.3 is 0 Å². The molecule has 9 nitrogen and oxygen atoms in total. The molecule has 3 heterocycles. The van der Waals surface area contributed by atoms with Gasteiger partial charge in [0.05, 0.1) is 18.2 Å². The molecule has 164 valence electrons. The lowest BCUT2D eigenvalue weighted by Gasteiger charge is -2.08. The summed E-state index contributed by atoms with van der Waals surface area (Å²) in [6.07, 6.45) is 3.92. The summed E-state index contributed by atoms with van der Waals surface area (Å²) in [7, 11) is 0. The quantitative estimate of drug-likeness (QED) is 0.369. The second-order valence-electron chi connectivity index (χ2n) is 7.45. The normalized spacial score (nSPS) is 11.0. The molecule has 9 heteroatoms. The van der Waals surface area contributed by atoms with Crippen LogP contribution >= 0.6 is 0 Å². The number of aromatic nitrogens is 4. The lowest BCUT2D eigenvalue weighted by molar-refractivity contribution is 0.0954. The van der Waals surface area contributed by atoms with E-state index in [1.54, 1.807) is 59.4 Å². The zero-order valence-electron chi connectivity index (χ0n) is 17.5. The van der Waals surface area contributed by atoms with Crippen LogP contribution in [0.3, 0.4) is 0 Å². The fraction of sp³-hybridized carbons (Fsp3) is 0.0833. The number of benzene rings is 2. The molecule has 0 saturated heterocycles. The molecule has 0 atom stereocenters. The number of fused-ring (bicyclic) bond motifs is 1. The summed E-state index contributed by atoms with van der Waals surface area (Å²) in [6, 6.07) is 17.6. The van der Waals surface area contributed by atoms with Crippen LogP contribution in [0.25, 0.3) is 28.5 Å². The van der Waals surface area contributed by atoms with E-state index in [4.69, 9.17) is 10.2 Å². The van der Waals surface area contributed by atoms with Gasteiger partial charge < -0.3 is 20.6 Å². The maximum Gasteiger partial charge on any atom is 0.251 e. The van der Waals surface area contributed by atoms with Gasteiger partial charge in [0.15, 0.2) is 17.2 Å². The number of nitrogens with zero attached hydrogens (tertiary/aromatic N) is 4. The first-order chi connectivity index (χ1) is 16.1. The number of phenolic OH excluding ortho intramolecular Hbond substituents is 1. The molecule has 5 rings (SSSR count). The summed E-state index contributed by atoms with van der Waals surface area (Å²) in [4.78, 5) is 21.5. The Morgan fingerprint density at radius 1 is 1.09 bits per heavy atom. The van der Waals surface area contributed by atoms with Crippen LogP contribution in [-0.2, 0) is 6.42 Å². The molecule has 0 saturated carbocycles. The number of furan rings is 1. The average molecular weight is 440 g/mol. The summed E-state index contributed by atoms with van der Waals surface area (Å²) in [5.74, 6) is 1.19. The highest BCUT2D eigenvalue weighted by atomic mass is 16.3.